The van der Waals surface area contributed by atoms with Crippen molar-refractivity contribution < 1.29 is 24.9 Å². The Morgan fingerprint density at radius 3 is 2.38 bits per heavy atom. The molecule has 1 unspecified atom stereocenters. The van der Waals surface area contributed by atoms with E-state index in [0.29, 0.717) is 5.56 Å². The number of hydrogen-bond donors (Lipinski definition) is 4. The number of aliphatic carboxylic acids is 1. The number of carboxylic acid groups (broad SMARTS) is 1. The molecule has 1 atom stereocenters. The van der Waals surface area contributed by atoms with E-state index in [4.69, 9.17) is 16.7 Å². The third kappa shape index (κ3) is 4.63. The van der Waals surface area contributed by atoms with Gasteiger partial charge in [-0.15, -0.1) is 0 Å². The Morgan fingerprint density at radius 2 is 1.79 bits per heavy atom. The summed E-state index contributed by atoms with van der Waals surface area (Å²) in [6, 6.07) is 10.6. The summed E-state index contributed by atoms with van der Waals surface area (Å²) < 4.78 is 0. The van der Waals surface area contributed by atoms with Gasteiger partial charge in [0.05, 0.1) is 23.9 Å². The predicted octanol–water partition coefficient (Wildman–Crippen LogP) is 2.63. The van der Waals surface area contributed by atoms with Crippen LogP contribution < -0.4 is 5.32 Å². The molecule has 0 saturated carbocycles. The van der Waals surface area contributed by atoms with Crippen LogP contribution in [0.3, 0.4) is 0 Å². The number of phenolic OH excluding ortho intramolecular Hbond substituents is 2. The van der Waals surface area contributed by atoms with Crippen LogP contribution in [0, 0.1) is 0 Å². The third-order valence-electron chi connectivity index (χ3n) is 3.39. The molecule has 0 fully saturated rings. The fraction of sp³-hybridized carbons (Fsp3) is 0.176. The Hall–Kier alpha value is -2.73. The Kier molecular flexibility index (Phi) is 5.65. The van der Waals surface area contributed by atoms with Crippen LogP contribution in [0.1, 0.15) is 23.6 Å². The second-order valence-corrected chi connectivity index (χ2v) is 5.66. The standard InChI is InChI=1S/C17H16ClNO5/c18-12-7-11(8-14(20)17(12)24)13(9-16(22)23)19-15(21)6-10-4-2-1-3-5-10/h1-5,7-8,13,20,24H,6,9H2,(H,19,21)(H,22,23). The second-order valence-electron chi connectivity index (χ2n) is 5.25. The number of halogens is 1. The molecule has 126 valence electrons. The van der Waals surface area contributed by atoms with Crippen LogP contribution in [0.2, 0.25) is 5.02 Å². The topological polar surface area (TPSA) is 107 Å². The van der Waals surface area contributed by atoms with Crippen LogP contribution in [0.4, 0.5) is 0 Å². The number of carboxylic acids is 1. The minimum absolute atomic E-state index is 0.0920. The molecule has 0 bridgehead atoms. The molecule has 0 aliphatic rings. The lowest BCUT2D eigenvalue weighted by atomic mass is 10.0. The van der Waals surface area contributed by atoms with Crippen molar-refractivity contribution in [2.24, 2.45) is 0 Å². The first-order valence-corrected chi connectivity index (χ1v) is 7.51. The van der Waals surface area contributed by atoms with Gasteiger partial charge in [0.15, 0.2) is 11.5 Å². The lowest BCUT2D eigenvalue weighted by Crippen LogP contribution is -2.31. The van der Waals surface area contributed by atoms with E-state index in [2.05, 4.69) is 5.32 Å². The van der Waals surface area contributed by atoms with E-state index in [9.17, 15) is 19.8 Å². The quantitative estimate of drug-likeness (QED) is 0.600. The van der Waals surface area contributed by atoms with Gasteiger partial charge in [-0.2, -0.15) is 0 Å². The van der Waals surface area contributed by atoms with Crippen molar-refractivity contribution >= 4 is 23.5 Å². The van der Waals surface area contributed by atoms with Gasteiger partial charge < -0.3 is 20.6 Å². The number of carbonyl (C=O) groups excluding carboxylic acids is 1. The Balaban J connectivity index is 2.19. The average molecular weight is 350 g/mol. The molecule has 2 aromatic rings. The third-order valence-corrected chi connectivity index (χ3v) is 3.68. The molecule has 7 heteroatoms. The number of rotatable bonds is 6. The van der Waals surface area contributed by atoms with Crippen LogP contribution in [0.15, 0.2) is 42.5 Å². The number of benzene rings is 2. The van der Waals surface area contributed by atoms with Gasteiger partial charge in [0.25, 0.3) is 0 Å². The number of phenols is 2. The largest absolute Gasteiger partial charge is 0.504 e. The van der Waals surface area contributed by atoms with Crippen molar-refractivity contribution in [1.82, 2.24) is 5.32 Å². The number of nitrogens with one attached hydrogen (secondary N) is 1. The van der Waals surface area contributed by atoms with Crippen molar-refractivity contribution in [1.29, 1.82) is 0 Å². The van der Waals surface area contributed by atoms with Crippen LogP contribution in [-0.2, 0) is 16.0 Å². The van der Waals surface area contributed by atoms with Crippen LogP contribution in [-0.4, -0.2) is 27.2 Å². The summed E-state index contributed by atoms with van der Waals surface area (Å²) in [7, 11) is 0. The molecular formula is C17H16ClNO5. The van der Waals surface area contributed by atoms with E-state index >= 15 is 0 Å². The van der Waals surface area contributed by atoms with Crippen LogP contribution in [0.25, 0.3) is 0 Å². The molecular weight excluding hydrogens is 334 g/mol. The highest BCUT2D eigenvalue weighted by Gasteiger charge is 2.21. The zero-order valence-corrected chi connectivity index (χ0v) is 13.3. The summed E-state index contributed by atoms with van der Waals surface area (Å²) in [6.45, 7) is 0. The monoisotopic (exact) mass is 349 g/mol. The number of aromatic hydroxyl groups is 2. The molecule has 4 N–H and O–H groups in total. The maximum atomic E-state index is 12.2. The molecule has 0 heterocycles. The molecule has 0 aromatic heterocycles. The van der Waals surface area contributed by atoms with E-state index in [0.717, 1.165) is 5.56 Å². The molecule has 0 aliphatic carbocycles. The fourth-order valence-corrected chi connectivity index (χ4v) is 2.48. The molecule has 0 spiro atoms. The van der Waals surface area contributed by atoms with Crippen LogP contribution in [0.5, 0.6) is 11.5 Å². The number of carbonyl (C=O) groups is 2. The van der Waals surface area contributed by atoms with Gasteiger partial charge in [-0.05, 0) is 23.3 Å². The summed E-state index contributed by atoms with van der Waals surface area (Å²) >= 11 is 5.80. The molecule has 6 nitrogen and oxygen atoms in total. The second kappa shape index (κ2) is 7.70. The molecule has 2 aromatic carbocycles. The van der Waals surface area contributed by atoms with Gasteiger partial charge in [-0.25, -0.2) is 0 Å². The Labute approximate surface area is 143 Å². The molecule has 24 heavy (non-hydrogen) atoms. The SMILES string of the molecule is O=C(O)CC(NC(=O)Cc1ccccc1)c1cc(O)c(O)c(Cl)c1. The highest BCUT2D eigenvalue weighted by atomic mass is 35.5. The smallest absolute Gasteiger partial charge is 0.305 e. The zero-order chi connectivity index (χ0) is 17.7. The summed E-state index contributed by atoms with van der Waals surface area (Å²) in [6.07, 6.45) is -0.296. The summed E-state index contributed by atoms with van der Waals surface area (Å²) in [4.78, 5) is 23.2. The van der Waals surface area contributed by atoms with Crippen LogP contribution >= 0.6 is 11.6 Å². The normalized spacial score (nSPS) is 11.7. The predicted molar refractivity (Wildman–Crippen MR) is 88.1 cm³/mol. The summed E-state index contributed by atoms with van der Waals surface area (Å²) in [5.41, 5.74) is 1.08. The summed E-state index contributed by atoms with van der Waals surface area (Å²) in [5, 5.41) is 30.7. The van der Waals surface area contributed by atoms with Crippen molar-refractivity contribution in [3.05, 3.63) is 58.6 Å². The van der Waals surface area contributed by atoms with E-state index < -0.39 is 23.5 Å². The van der Waals surface area contributed by atoms with E-state index in [1.807, 2.05) is 6.07 Å². The first-order valence-electron chi connectivity index (χ1n) is 7.13. The fourth-order valence-electron chi connectivity index (χ4n) is 2.26. The minimum atomic E-state index is -1.12. The maximum absolute atomic E-state index is 12.2. The first kappa shape index (κ1) is 17.6. The molecule has 0 saturated heterocycles. The van der Waals surface area contributed by atoms with Crippen molar-refractivity contribution in [3.8, 4) is 11.5 Å². The zero-order valence-electron chi connectivity index (χ0n) is 12.6. The Morgan fingerprint density at radius 1 is 1.12 bits per heavy atom. The average Bonchev–Trinajstić information content (AvgIpc) is 2.52. The maximum Gasteiger partial charge on any atom is 0.305 e. The molecule has 1 amide bonds. The number of hydrogen-bond acceptors (Lipinski definition) is 4. The molecule has 0 aliphatic heterocycles. The van der Waals surface area contributed by atoms with E-state index in [-0.39, 0.29) is 23.8 Å². The first-order chi connectivity index (χ1) is 11.4. The number of amides is 1. The lowest BCUT2D eigenvalue weighted by Gasteiger charge is -2.18. The van der Waals surface area contributed by atoms with Gasteiger partial charge >= 0.3 is 5.97 Å². The summed E-state index contributed by atoms with van der Waals surface area (Å²) in [5.74, 6) is -2.46. The van der Waals surface area contributed by atoms with Crippen molar-refractivity contribution in [2.75, 3.05) is 0 Å². The molecule has 2 rings (SSSR count). The van der Waals surface area contributed by atoms with E-state index in [1.165, 1.54) is 12.1 Å². The van der Waals surface area contributed by atoms with Gasteiger partial charge in [0, 0.05) is 0 Å². The highest BCUT2D eigenvalue weighted by molar-refractivity contribution is 6.32. The van der Waals surface area contributed by atoms with Gasteiger partial charge in [-0.3, -0.25) is 9.59 Å². The van der Waals surface area contributed by atoms with Gasteiger partial charge in [0.1, 0.15) is 0 Å². The lowest BCUT2D eigenvalue weighted by molar-refractivity contribution is -0.137. The highest BCUT2D eigenvalue weighted by Crippen LogP contribution is 2.36. The van der Waals surface area contributed by atoms with E-state index in [1.54, 1.807) is 24.3 Å². The minimum Gasteiger partial charge on any atom is -0.504 e. The van der Waals surface area contributed by atoms with Crippen molar-refractivity contribution in [2.45, 2.75) is 18.9 Å². The Bertz CT molecular complexity index is 725. The molecule has 0 radical (unpaired) electrons. The van der Waals surface area contributed by atoms with Gasteiger partial charge in [-0.1, -0.05) is 41.9 Å². The van der Waals surface area contributed by atoms with Crippen molar-refractivity contribution in [3.63, 3.8) is 0 Å². The van der Waals surface area contributed by atoms with Gasteiger partial charge in [0.2, 0.25) is 5.91 Å².